The molecule has 182 valence electrons. The molecule has 0 spiro atoms. The van der Waals surface area contributed by atoms with E-state index < -0.39 is 30.1 Å². The number of amides is 1. The van der Waals surface area contributed by atoms with E-state index in [0.717, 1.165) is 17.2 Å². The minimum absolute atomic E-state index is 0.124. The second-order valence-corrected chi connectivity index (χ2v) is 8.87. The van der Waals surface area contributed by atoms with E-state index in [0.29, 0.717) is 11.4 Å². The molecule has 0 aromatic heterocycles. The third-order valence-corrected chi connectivity index (χ3v) is 5.89. The van der Waals surface area contributed by atoms with E-state index in [-0.39, 0.29) is 12.0 Å². The van der Waals surface area contributed by atoms with Crippen molar-refractivity contribution in [1.29, 1.82) is 0 Å². The van der Waals surface area contributed by atoms with Gasteiger partial charge >= 0.3 is 6.18 Å². The third-order valence-electron chi connectivity index (χ3n) is 5.64. The minimum Gasteiger partial charge on any atom is -0.329 e. The Morgan fingerprint density at radius 1 is 1.12 bits per heavy atom. The molecular weight excluding hydrogens is 467 g/mol. The summed E-state index contributed by atoms with van der Waals surface area (Å²) in [6, 6.07) is 16.8. The lowest BCUT2D eigenvalue weighted by atomic mass is 9.86. The van der Waals surface area contributed by atoms with E-state index in [1.165, 1.54) is 6.20 Å². The maximum atomic E-state index is 13.4. The molecule has 0 saturated heterocycles. The SMILES string of the molecule is CC(C)C(=O)NOC1N=C(C(F)(F)F)C=CN1[C@@H](C)[C@@H](Cc1ccc(Cl)cc1)c1ccccc1. The molecule has 0 fully saturated rings. The first-order valence-corrected chi connectivity index (χ1v) is 11.3. The topological polar surface area (TPSA) is 53.9 Å². The van der Waals surface area contributed by atoms with Gasteiger partial charge < -0.3 is 4.90 Å². The summed E-state index contributed by atoms with van der Waals surface area (Å²) in [7, 11) is 0. The van der Waals surface area contributed by atoms with Crippen LogP contribution in [0.25, 0.3) is 0 Å². The number of alkyl halides is 3. The summed E-state index contributed by atoms with van der Waals surface area (Å²) in [5.74, 6) is -0.980. The zero-order valence-corrected chi connectivity index (χ0v) is 19.8. The molecule has 1 aliphatic rings. The summed E-state index contributed by atoms with van der Waals surface area (Å²) in [5.41, 5.74) is 3.20. The molecule has 0 saturated carbocycles. The van der Waals surface area contributed by atoms with Gasteiger partial charge in [0.2, 0.25) is 5.91 Å². The Balaban J connectivity index is 1.92. The quantitative estimate of drug-likeness (QED) is 0.467. The molecule has 0 bridgehead atoms. The highest BCUT2D eigenvalue weighted by Gasteiger charge is 2.39. The van der Waals surface area contributed by atoms with Gasteiger partial charge in [-0.2, -0.15) is 13.2 Å². The summed E-state index contributed by atoms with van der Waals surface area (Å²) >= 11 is 6.03. The molecule has 1 heterocycles. The molecule has 0 aliphatic carbocycles. The highest BCUT2D eigenvalue weighted by atomic mass is 35.5. The molecule has 1 unspecified atom stereocenters. The van der Waals surface area contributed by atoms with Crippen LogP contribution in [0, 0.1) is 5.92 Å². The van der Waals surface area contributed by atoms with Crippen molar-refractivity contribution < 1.29 is 22.8 Å². The molecule has 1 aliphatic heterocycles. The summed E-state index contributed by atoms with van der Waals surface area (Å²) < 4.78 is 40.1. The summed E-state index contributed by atoms with van der Waals surface area (Å²) in [6.45, 7) is 5.20. The molecule has 3 rings (SSSR count). The van der Waals surface area contributed by atoms with Gasteiger partial charge in [0, 0.05) is 29.1 Å². The maximum absolute atomic E-state index is 13.4. The van der Waals surface area contributed by atoms with E-state index in [1.807, 2.05) is 49.4 Å². The van der Waals surface area contributed by atoms with Crippen LogP contribution in [-0.4, -0.2) is 35.1 Å². The zero-order chi connectivity index (χ0) is 24.9. The molecular formula is C25H27ClF3N3O2. The minimum atomic E-state index is -4.64. The summed E-state index contributed by atoms with van der Waals surface area (Å²) in [6.07, 6.45) is -3.17. The molecule has 3 atom stereocenters. The number of hydroxylamine groups is 1. The summed E-state index contributed by atoms with van der Waals surface area (Å²) in [4.78, 5) is 22.7. The van der Waals surface area contributed by atoms with Crippen molar-refractivity contribution in [3.63, 3.8) is 0 Å². The van der Waals surface area contributed by atoms with Gasteiger partial charge in [-0.1, -0.05) is 67.9 Å². The Hall–Kier alpha value is -2.84. The number of rotatable bonds is 8. The van der Waals surface area contributed by atoms with Crippen molar-refractivity contribution in [2.45, 2.75) is 51.7 Å². The number of aliphatic imine (C=N–C) groups is 1. The third kappa shape index (κ3) is 6.61. The number of nitrogens with zero attached hydrogens (tertiary/aromatic N) is 2. The highest BCUT2D eigenvalue weighted by molar-refractivity contribution is 6.30. The van der Waals surface area contributed by atoms with Crippen LogP contribution in [0.4, 0.5) is 13.2 Å². The van der Waals surface area contributed by atoms with Crippen LogP contribution in [0.5, 0.6) is 0 Å². The van der Waals surface area contributed by atoms with Gasteiger partial charge in [-0.05, 0) is 42.7 Å². The maximum Gasteiger partial charge on any atom is 0.433 e. The molecule has 34 heavy (non-hydrogen) atoms. The van der Waals surface area contributed by atoms with Crippen molar-refractivity contribution >= 4 is 23.2 Å². The van der Waals surface area contributed by atoms with Gasteiger partial charge in [-0.3, -0.25) is 4.79 Å². The van der Waals surface area contributed by atoms with Gasteiger partial charge in [-0.15, -0.1) is 0 Å². The molecule has 0 radical (unpaired) electrons. The van der Waals surface area contributed by atoms with Gasteiger partial charge in [0.1, 0.15) is 5.71 Å². The Labute approximate surface area is 202 Å². The van der Waals surface area contributed by atoms with Gasteiger partial charge in [-0.25, -0.2) is 15.3 Å². The number of allylic oxidation sites excluding steroid dienone is 1. The number of carbonyl (C=O) groups is 1. The van der Waals surface area contributed by atoms with Gasteiger partial charge in [0.25, 0.3) is 6.35 Å². The van der Waals surface area contributed by atoms with Crippen molar-refractivity contribution in [1.82, 2.24) is 10.4 Å². The van der Waals surface area contributed by atoms with Gasteiger partial charge in [0.15, 0.2) is 0 Å². The zero-order valence-electron chi connectivity index (χ0n) is 19.1. The predicted molar refractivity (Wildman–Crippen MR) is 126 cm³/mol. The van der Waals surface area contributed by atoms with E-state index in [4.69, 9.17) is 16.4 Å². The monoisotopic (exact) mass is 493 g/mol. The number of nitrogens with one attached hydrogen (secondary N) is 1. The number of carbonyl (C=O) groups excluding carboxylic acids is 1. The highest BCUT2D eigenvalue weighted by Crippen LogP contribution is 2.32. The Morgan fingerprint density at radius 2 is 1.76 bits per heavy atom. The van der Waals surface area contributed by atoms with Crippen LogP contribution in [-0.2, 0) is 16.1 Å². The van der Waals surface area contributed by atoms with E-state index in [2.05, 4.69) is 10.5 Å². The molecule has 1 amide bonds. The second-order valence-electron chi connectivity index (χ2n) is 8.43. The van der Waals surface area contributed by atoms with Crippen LogP contribution in [0.2, 0.25) is 5.02 Å². The molecule has 2 aromatic rings. The molecule has 2 aromatic carbocycles. The number of hydrogen-bond acceptors (Lipinski definition) is 4. The lowest BCUT2D eigenvalue weighted by Gasteiger charge is -2.39. The van der Waals surface area contributed by atoms with Crippen LogP contribution < -0.4 is 5.48 Å². The Morgan fingerprint density at radius 3 is 2.35 bits per heavy atom. The first kappa shape index (κ1) is 25.8. The first-order chi connectivity index (χ1) is 16.1. The van der Waals surface area contributed by atoms with Crippen LogP contribution in [0.15, 0.2) is 71.9 Å². The van der Waals surface area contributed by atoms with E-state index in [9.17, 15) is 18.0 Å². The van der Waals surface area contributed by atoms with E-state index >= 15 is 0 Å². The normalized spacial score (nSPS) is 17.9. The van der Waals surface area contributed by atoms with Crippen molar-refractivity contribution in [3.8, 4) is 0 Å². The Bertz CT molecular complexity index is 1020. The average molecular weight is 494 g/mol. The second kappa shape index (κ2) is 11.1. The van der Waals surface area contributed by atoms with Crippen LogP contribution in [0.3, 0.4) is 0 Å². The van der Waals surface area contributed by atoms with Crippen LogP contribution >= 0.6 is 11.6 Å². The molecule has 9 heteroatoms. The van der Waals surface area contributed by atoms with Crippen molar-refractivity contribution in [2.24, 2.45) is 10.9 Å². The van der Waals surface area contributed by atoms with Crippen molar-refractivity contribution in [2.75, 3.05) is 0 Å². The predicted octanol–water partition coefficient (Wildman–Crippen LogP) is 5.87. The number of halogens is 4. The first-order valence-electron chi connectivity index (χ1n) is 10.9. The average Bonchev–Trinajstić information content (AvgIpc) is 2.81. The Kier molecular flexibility index (Phi) is 8.38. The van der Waals surface area contributed by atoms with Gasteiger partial charge in [0.05, 0.1) is 0 Å². The fraction of sp³-hybridized carbons (Fsp3) is 0.360. The molecule has 1 N–H and O–H groups in total. The summed E-state index contributed by atoms with van der Waals surface area (Å²) in [5, 5.41) is 0.621. The lowest BCUT2D eigenvalue weighted by Crippen LogP contribution is -2.48. The fourth-order valence-corrected chi connectivity index (χ4v) is 3.75. The van der Waals surface area contributed by atoms with Crippen molar-refractivity contribution in [3.05, 3.63) is 83.0 Å². The smallest absolute Gasteiger partial charge is 0.329 e. The fourth-order valence-electron chi connectivity index (χ4n) is 3.63. The lowest BCUT2D eigenvalue weighted by molar-refractivity contribution is -0.153. The number of benzene rings is 2. The molecule has 5 nitrogen and oxygen atoms in total. The number of hydrogen-bond donors (Lipinski definition) is 1. The van der Waals surface area contributed by atoms with E-state index in [1.54, 1.807) is 30.9 Å². The largest absolute Gasteiger partial charge is 0.433 e. The standard InChI is InChI=1S/C25H27ClF3N3O2/c1-16(2)23(33)31-34-24-30-22(25(27,28)29)13-14-32(24)17(3)21(19-7-5-4-6-8-19)15-18-9-11-20(26)12-10-18/h4-14,16-17,21,24H,15H2,1-3H3,(H,31,33)/t17-,21+,24?/m0/s1. The van der Waals surface area contributed by atoms with Crippen LogP contribution in [0.1, 0.15) is 37.8 Å².